The minimum Gasteiger partial charge on any atom is -0.478 e. The maximum atomic E-state index is 12.6. The second-order valence-corrected chi connectivity index (χ2v) is 8.20. The summed E-state index contributed by atoms with van der Waals surface area (Å²) >= 11 is 4.78. The minimum absolute atomic E-state index is 0.245. The highest BCUT2D eigenvalue weighted by Crippen LogP contribution is 2.27. The molecule has 4 nitrogen and oxygen atoms in total. The van der Waals surface area contributed by atoms with Gasteiger partial charge in [0.05, 0.1) is 5.69 Å². The summed E-state index contributed by atoms with van der Waals surface area (Å²) in [6, 6.07) is 15.5. The van der Waals surface area contributed by atoms with Crippen LogP contribution in [0.1, 0.15) is 19.4 Å². The molecule has 0 fully saturated rings. The van der Waals surface area contributed by atoms with Gasteiger partial charge in [-0.15, -0.1) is 11.3 Å². The molecule has 0 saturated carbocycles. The van der Waals surface area contributed by atoms with Gasteiger partial charge in [-0.25, -0.2) is 4.98 Å². The van der Waals surface area contributed by atoms with E-state index in [1.54, 1.807) is 13.8 Å². The molecule has 134 valence electrons. The molecule has 2 aromatic carbocycles. The Kier molecular flexibility index (Phi) is 5.44. The van der Waals surface area contributed by atoms with Crippen LogP contribution in [0.3, 0.4) is 0 Å². The Labute approximate surface area is 165 Å². The molecule has 3 rings (SSSR count). The fourth-order valence-electron chi connectivity index (χ4n) is 2.28. The van der Waals surface area contributed by atoms with Crippen molar-refractivity contribution in [3.8, 4) is 17.0 Å². The SMILES string of the molecule is Cc1ccc(-c2csc(NC(=O)C(C)(C)Oc3ccc(Br)cc3)n2)cc1. The molecular weight excluding hydrogens is 412 g/mol. The average molecular weight is 431 g/mol. The van der Waals surface area contributed by atoms with Crippen molar-refractivity contribution in [1.82, 2.24) is 4.98 Å². The molecule has 1 amide bonds. The first-order valence-electron chi connectivity index (χ1n) is 8.12. The van der Waals surface area contributed by atoms with Crippen LogP contribution in [0.2, 0.25) is 0 Å². The molecule has 0 radical (unpaired) electrons. The number of ether oxygens (including phenoxy) is 1. The largest absolute Gasteiger partial charge is 0.478 e. The molecule has 26 heavy (non-hydrogen) atoms. The lowest BCUT2D eigenvalue weighted by atomic mass is 10.1. The predicted molar refractivity (Wildman–Crippen MR) is 110 cm³/mol. The van der Waals surface area contributed by atoms with Crippen molar-refractivity contribution in [1.29, 1.82) is 0 Å². The zero-order chi connectivity index (χ0) is 18.7. The number of hydrogen-bond acceptors (Lipinski definition) is 4. The first-order chi connectivity index (χ1) is 12.3. The first kappa shape index (κ1) is 18.6. The van der Waals surface area contributed by atoms with Crippen LogP contribution in [-0.2, 0) is 4.79 Å². The molecule has 0 atom stereocenters. The Bertz CT molecular complexity index is 902. The molecule has 6 heteroatoms. The number of aryl methyl sites for hydroxylation is 1. The van der Waals surface area contributed by atoms with Gasteiger partial charge in [0.25, 0.3) is 5.91 Å². The number of thiazole rings is 1. The van der Waals surface area contributed by atoms with E-state index in [-0.39, 0.29) is 5.91 Å². The van der Waals surface area contributed by atoms with Crippen molar-refractivity contribution >= 4 is 38.3 Å². The number of rotatable bonds is 5. The van der Waals surface area contributed by atoms with Gasteiger partial charge in [-0.2, -0.15) is 0 Å². The summed E-state index contributed by atoms with van der Waals surface area (Å²) in [6.07, 6.45) is 0. The summed E-state index contributed by atoms with van der Waals surface area (Å²) in [4.78, 5) is 17.1. The molecular formula is C20H19BrN2O2S. The number of carbonyl (C=O) groups is 1. The fraction of sp³-hybridized carbons (Fsp3) is 0.200. The van der Waals surface area contributed by atoms with Crippen molar-refractivity contribution in [3.05, 3.63) is 63.9 Å². The van der Waals surface area contributed by atoms with E-state index in [1.807, 2.05) is 60.8 Å². The Morgan fingerprint density at radius 2 is 1.77 bits per heavy atom. The van der Waals surface area contributed by atoms with Crippen LogP contribution in [0.4, 0.5) is 5.13 Å². The summed E-state index contributed by atoms with van der Waals surface area (Å²) in [5.74, 6) is 0.387. The summed E-state index contributed by atoms with van der Waals surface area (Å²) < 4.78 is 6.80. The highest BCUT2D eigenvalue weighted by atomic mass is 79.9. The van der Waals surface area contributed by atoms with Crippen LogP contribution in [0.25, 0.3) is 11.3 Å². The molecule has 0 bridgehead atoms. The van der Waals surface area contributed by atoms with Gasteiger partial charge in [0.1, 0.15) is 5.75 Å². The highest BCUT2D eigenvalue weighted by Gasteiger charge is 2.30. The third-order valence-electron chi connectivity index (χ3n) is 3.81. The molecule has 1 N–H and O–H groups in total. The zero-order valence-corrected chi connectivity index (χ0v) is 17.1. The van der Waals surface area contributed by atoms with Gasteiger partial charge in [-0.05, 0) is 45.0 Å². The summed E-state index contributed by atoms with van der Waals surface area (Å²) in [5, 5.41) is 5.34. The molecule has 3 aromatic rings. The lowest BCUT2D eigenvalue weighted by molar-refractivity contribution is -0.128. The van der Waals surface area contributed by atoms with E-state index in [4.69, 9.17) is 4.74 Å². The van der Waals surface area contributed by atoms with Gasteiger partial charge in [-0.1, -0.05) is 45.8 Å². The van der Waals surface area contributed by atoms with Crippen LogP contribution >= 0.6 is 27.3 Å². The quantitative estimate of drug-likeness (QED) is 0.566. The van der Waals surface area contributed by atoms with Crippen molar-refractivity contribution < 1.29 is 9.53 Å². The number of benzene rings is 2. The van der Waals surface area contributed by atoms with Gasteiger partial charge in [0.15, 0.2) is 10.7 Å². The molecule has 1 aromatic heterocycles. The minimum atomic E-state index is -1.02. The average Bonchev–Trinajstić information content (AvgIpc) is 3.06. The Balaban J connectivity index is 1.69. The second-order valence-electron chi connectivity index (χ2n) is 6.42. The predicted octanol–water partition coefficient (Wildman–Crippen LogP) is 5.68. The van der Waals surface area contributed by atoms with E-state index < -0.39 is 5.60 Å². The summed E-state index contributed by atoms with van der Waals surface area (Å²) in [7, 11) is 0. The summed E-state index contributed by atoms with van der Waals surface area (Å²) in [6.45, 7) is 5.52. The molecule has 1 heterocycles. The van der Waals surface area contributed by atoms with Crippen LogP contribution in [0.15, 0.2) is 58.4 Å². The van der Waals surface area contributed by atoms with Crippen molar-refractivity contribution in [2.75, 3.05) is 5.32 Å². The van der Waals surface area contributed by atoms with E-state index in [0.29, 0.717) is 10.9 Å². The molecule has 0 spiro atoms. The smallest absolute Gasteiger partial charge is 0.269 e. The molecule has 0 aliphatic rings. The maximum absolute atomic E-state index is 12.6. The van der Waals surface area contributed by atoms with Gasteiger partial charge in [0, 0.05) is 15.4 Å². The summed E-state index contributed by atoms with van der Waals surface area (Å²) in [5.41, 5.74) is 2.04. The molecule has 0 aliphatic heterocycles. The van der Waals surface area contributed by atoms with Gasteiger partial charge < -0.3 is 4.74 Å². The first-order valence-corrected chi connectivity index (χ1v) is 9.79. The van der Waals surface area contributed by atoms with Crippen LogP contribution < -0.4 is 10.1 Å². The fourth-order valence-corrected chi connectivity index (χ4v) is 3.26. The van der Waals surface area contributed by atoms with Gasteiger partial charge in [0.2, 0.25) is 0 Å². The van der Waals surface area contributed by atoms with Crippen molar-refractivity contribution in [3.63, 3.8) is 0 Å². The number of halogens is 1. The normalized spacial score (nSPS) is 11.2. The lowest BCUT2D eigenvalue weighted by Crippen LogP contribution is -2.42. The van der Waals surface area contributed by atoms with E-state index in [1.165, 1.54) is 16.9 Å². The van der Waals surface area contributed by atoms with Crippen LogP contribution in [-0.4, -0.2) is 16.5 Å². The monoisotopic (exact) mass is 430 g/mol. The number of hydrogen-bond donors (Lipinski definition) is 1. The topological polar surface area (TPSA) is 51.2 Å². The maximum Gasteiger partial charge on any atom is 0.269 e. The van der Waals surface area contributed by atoms with Crippen molar-refractivity contribution in [2.24, 2.45) is 0 Å². The number of anilines is 1. The van der Waals surface area contributed by atoms with E-state index >= 15 is 0 Å². The number of nitrogens with one attached hydrogen (secondary N) is 1. The van der Waals surface area contributed by atoms with E-state index in [9.17, 15) is 4.79 Å². The number of amides is 1. The van der Waals surface area contributed by atoms with E-state index in [0.717, 1.165) is 15.7 Å². The number of nitrogens with zero attached hydrogens (tertiary/aromatic N) is 1. The Hall–Kier alpha value is -2.18. The zero-order valence-electron chi connectivity index (χ0n) is 14.7. The lowest BCUT2D eigenvalue weighted by Gasteiger charge is -2.24. The van der Waals surface area contributed by atoms with E-state index in [2.05, 4.69) is 26.2 Å². The number of carbonyl (C=O) groups excluding carboxylic acids is 1. The highest BCUT2D eigenvalue weighted by molar-refractivity contribution is 9.10. The van der Waals surface area contributed by atoms with Gasteiger partial charge >= 0.3 is 0 Å². The molecule has 0 saturated heterocycles. The molecule has 0 aliphatic carbocycles. The van der Waals surface area contributed by atoms with Crippen LogP contribution in [0, 0.1) is 6.92 Å². The number of aromatic nitrogens is 1. The van der Waals surface area contributed by atoms with Gasteiger partial charge in [-0.3, -0.25) is 10.1 Å². The molecule has 0 unspecified atom stereocenters. The third kappa shape index (κ3) is 4.51. The van der Waals surface area contributed by atoms with Crippen LogP contribution in [0.5, 0.6) is 5.75 Å². The second kappa shape index (κ2) is 7.60. The third-order valence-corrected chi connectivity index (χ3v) is 5.09. The standard InChI is InChI=1S/C20H19BrN2O2S/c1-13-4-6-14(7-5-13)17-12-26-19(22-17)23-18(24)20(2,3)25-16-10-8-15(21)9-11-16/h4-12H,1-3H3,(H,22,23,24). The van der Waals surface area contributed by atoms with Crippen molar-refractivity contribution in [2.45, 2.75) is 26.4 Å². The Morgan fingerprint density at radius 3 is 2.42 bits per heavy atom. The Morgan fingerprint density at radius 1 is 1.12 bits per heavy atom.